The van der Waals surface area contributed by atoms with Crippen molar-refractivity contribution in [1.29, 1.82) is 0 Å². The number of halogens is 1. The normalized spacial score (nSPS) is 17.3. The van der Waals surface area contributed by atoms with Gasteiger partial charge in [0.2, 0.25) is 0 Å². The van der Waals surface area contributed by atoms with E-state index in [-0.39, 0.29) is 17.9 Å². The lowest BCUT2D eigenvalue weighted by Crippen LogP contribution is -2.56. The molecule has 3 aromatic rings. The van der Waals surface area contributed by atoms with Gasteiger partial charge in [-0.2, -0.15) is 5.10 Å². The van der Waals surface area contributed by atoms with Crippen LogP contribution in [0.2, 0.25) is 5.02 Å². The number of likely N-dealkylation sites (tertiary alicyclic amines) is 1. The van der Waals surface area contributed by atoms with Crippen molar-refractivity contribution in [2.45, 2.75) is 25.5 Å². The van der Waals surface area contributed by atoms with Crippen molar-refractivity contribution in [2.75, 3.05) is 18.0 Å². The molecule has 0 unspecified atom stereocenters. The second kappa shape index (κ2) is 7.34. The summed E-state index contributed by atoms with van der Waals surface area (Å²) in [5.41, 5.74) is 2.14. The number of ether oxygens (including phenoxy) is 1. The molecule has 0 spiro atoms. The van der Waals surface area contributed by atoms with E-state index in [9.17, 15) is 9.59 Å². The molecule has 2 aliphatic rings. The first-order chi connectivity index (χ1) is 15.2. The van der Waals surface area contributed by atoms with E-state index < -0.39 is 5.54 Å². The van der Waals surface area contributed by atoms with Gasteiger partial charge in [-0.05, 0) is 37.6 Å². The Labute approximate surface area is 190 Å². The Bertz CT molecular complexity index is 1230. The number of aryl methyl sites for hydroxylation is 1. The van der Waals surface area contributed by atoms with Gasteiger partial charge in [-0.25, -0.2) is 0 Å². The number of aromatic nitrogens is 3. The molecule has 32 heavy (non-hydrogen) atoms. The molecule has 2 aromatic heterocycles. The molecule has 2 aliphatic heterocycles. The first kappa shape index (κ1) is 20.5. The number of benzene rings is 1. The Morgan fingerprint density at radius 3 is 2.69 bits per heavy atom. The lowest BCUT2D eigenvalue weighted by Gasteiger charge is -2.39. The predicted molar refractivity (Wildman–Crippen MR) is 119 cm³/mol. The number of fused-ring (bicyclic) bond motifs is 1. The van der Waals surface area contributed by atoms with Crippen molar-refractivity contribution >= 4 is 29.1 Å². The maximum atomic E-state index is 13.1. The fourth-order valence-corrected chi connectivity index (χ4v) is 4.50. The monoisotopic (exact) mass is 451 g/mol. The number of anilines is 1. The molecule has 2 amide bonds. The van der Waals surface area contributed by atoms with Gasteiger partial charge < -0.3 is 9.64 Å². The van der Waals surface area contributed by atoms with E-state index in [1.165, 1.54) is 0 Å². The Morgan fingerprint density at radius 2 is 1.97 bits per heavy atom. The van der Waals surface area contributed by atoms with Crippen molar-refractivity contribution in [1.82, 2.24) is 19.7 Å². The van der Waals surface area contributed by atoms with Crippen LogP contribution in [0.4, 0.5) is 5.69 Å². The van der Waals surface area contributed by atoms with Gasteiger partial charge in [0.1, 0.15) is 11.9 Å². The zero-order valence-electron chi connectivity index (χ0n) is 17.9. The average Bonchev–Trinajstić information content (AvgIpc) is 3.23. The van der Waals surface area contributed by atoms with E-state index in [0.717, 1.165) is 5.56 Å². The number of carbonyl (C=O) groups is 2. The van der Waals surface area contributed by atoms with Gasteiger partial charge in [0.05, 0.1) is 48.5 Å². The second-order valence-electron chi connectivity index (χ2n) is 8.62. The Kier molecular flexibility index (Phi) is 4.70. The molecular weight excluding hydrogens is 430 g/mol. The molecule has 0 atom stereocenters. The smallest absolute Gasteiger partial charge is 0.259 e. The number of amides is 2. The lowest BCUT2D eigenvalue weighted by atomic mass is 9.93. The summed E-state index contributed by atoms with van der Waals surface area (Å²) in [6.45, 7) is 4.93. The number of nitrogens with zero attached hydrogens (tertiary/aromatic N) is 5. The zero-order chi connectivity index (χ0) is 22.6. The van der Waals surface area contributed by atoms with Crippen molar-refractivity contribution in [3.63, 3.8) is 0 Å². The van der Waals surface area contributed by atoms with Gasteiger partial charge in [0.15, 0.2) is 0 Å². The minimum Gasteiger partial charge on any atom is -0.485 e. The molecule has 1 fully saturated rings. The van der Waals surface area contributed by atoms with Crippen LogP contribution in [-0.4, -0.2) is 50.7 Å². The van der Waals surface area contributed by atoms with E-state index >= 15 is 0 Å². The van der Waals surface area contributed by atoms with Crippen LogP contribution in [0, 0.1) is 0 Å². The van der Waals surface area contributed by atoms with Crippen molar-refractivity contribution in [3.05, 3.63) is 70.8 Å². The molecule has 0 aliphatic carbocycles. The number of rotatable bonds is 4. The summed E-state index contributed by atoms with van der Waals surface area (Å²) < 4.78 is 7.64. The summed E-state index contributed by atoms with van der Waals surface area (Å²) in [6.07, 6.45) is 6.39. The third-order valence-electron chi connectivity index (χ3n) is 5.98. The van der Waals surface area contributed by atoms with Crippen LogP contribution in [0.25, 0.3) is 0 Å². The summed E-state index contributed by atoms with van der Waals surface area (Å²) in [4.78, 5) is 33.3. The number of pyridine rings is 1. The Morgan fingerprint density at radius 1 is 1.19 bits per heavy atom. The summed E-state index contributed by atoms with van der Waals surface area (Å²) in [6, 6.07) is 7.14. The summed E-state index contributed by atoms with van der Waals surface area (Å²) in [7, 11) is 1.78. The van der Waals surface area contributed by atoms with Crippen molar-refractivity contribution < 1.29 is 14.3 Å². The maximum Gasteiger partial charge on any atom is 0.259 e. The Hall–Kier alpha value is -3.39. The number of carbonyl (C=O) groups excluding carboxylic acids is 2. The molecule has 1 aromatic carbocycles. The minimum absolute atomic E-state index is 0.0642. The fourth-order valence-electron chi connectivity index (χ4n) is 4.32. The molecule has 0 radical (unpaired) electrons. The molecule has 164 valence electrons. The lowest BCUT2D eigenvalue weighted by molar-refractivity contribution is 0.0176. The van der Waals surface area contributed by atoms with Gasteiger partial charge in [0, 0.05) is 29.9 Å². The molecule has 0 saturated carbocycles. The highest BCUT2D eigenvalue weighted by Crippen LogP contribution is 2.43. The molecule has 0 bridgehead atoms. The highest BCUT2D eigenvalue weighted by molar-refractivity contribution is 6.31. The quantitative estimate of drug-likeness (QED) is 0.608. The number of hydrogen-bond acceptors (Lipinski definition) is 5. The first-order valence-corrected chi connectivity index (χ1v) is 10.7. The maximum absolute atomic E-state index is 13.1. The number of hydrogen-bond donors (Lipinski definition) is 0. The molecule has 4 heterocycles. The highest BCUT2D eigenvalue weighted by Gasteiger charge is 2.44. The van der Waals surface area contributed by atoms with Crippen molar-refractivity contribution in [3.8, 4) is 5.75 Å². The molecule has 1 saturated heterocycles. The van der Waals surface area contributed by atoms with E-state index in [4.69, 9.17) is 16.3 Å². The molecule has 8 nitrogen and oxygen atoms in total. The topological polar surface area (TPSA) is 80.6 Å². The third-order valence-corrected chi connectivity index (χ3v) is 6.22. The van der Waals surface area contributed by atoms with Gasteiger partial charge in [-0.15, -0.1) is 0 Å². The molecule has 5 rings (SSSR count). The third kappa shape index (κ3) is 3.31. The highest BCUT2D eigenvalue weighted by atomic mass is 35.5. The van der Waals surface area contributed by atoms with Crippen molar-refractivity contribution in [2.24, 2.45) is 7.05 Å². The van der Waals surface area contributed by atoms with Crippen LogP contribution < -0.4 is 9.64 Å². The van der Waals surface area contributed by atoms with E-state index in [0.29, 0.717) is 40.7 Å². The SMILES string of the molecule is Cn1cc(C(=O)N2CC(Oc3cncc(N4C(=O)c5ccc(Cl)cc5C4(C)C)c3)C2)cn1. The van der Waals surface area contributed by atoms with Crippen LogP contribution in [0.1, 0.15) is 40.1 Å². The standard InChI is InChI=1S/C23H22ClN5O3/c1-23(2)20-6-15(24)4-5-19(20)22(31)29(23)16-7-17(10-25-9-16)32-18-12-28(13-18)21(30)14-8-26-27(3)11-14/h4-11,18H,12-13H2,1-3H3. The fraction of sp³-hybridized carbons (Fsp3) is 0.304. The molecule has 9 heteroatoms. The average molecular weight is 452 g/mol. The second-order valence-corrected chi connectivity index (χ2v) is 9.06. The molecular formula is C23H22ClN5O3. The van der Waals surface area contributed by atoms with E-state index in [1.54, 1.807) is 58.4 Å². The Balaban J connectivity index is 1.30. The largest absolute Gasteiger partial charge is 0.485 e. The van der Waals surface area contributed by atoms with Crippen LogP contribution >= 0.6 is 11.6 Å². The van der Waals surface area contributed by atoms with Gasteiger partial charge in [0.25, 0.3) is 11.8 Å². The van der Waals surface area contributed by atoms with Gasteiger partial charge in [-0.3, -0.25) is 24.2 Å². The first-order valence-electron chi connectivity index (χ1n) is 10.3. The van der Waals surface area contributed by atoms with Crippen LogP contribution in [0.3, 0.4) is 0 Å². The van der Waals surface area contributed by atoms with Crippen LogP contribution in [-0.2, 0) is 12.6 Å². The van der Waals surface area contributed by atoms with Gasteiger partial charge in [-0.1, -0.05) is 11.6 Å². The minimum atomic E-state index is -0.582. The summed E-state index contributed by atoms with van der Waals surface area (Å²) >= 11 is 6.18. The van der Waals surface area contributed by atoms with Gasteiger partial charge >= 0.3 is 0 Å². The van der Waals surface area contributed by atoms with E-state index in [2.05, 4.69) is 10.1 Å². The van der Waals surface area contributed by atoms with Crippen LogP contribution in [0.5, 0.6) is 5.75 Å². The summed E-state index contributed by atoms with van der Waals surface area (Å²) in [5, 5.41) is 4.63. The molecule has 0 N–H and O–H groups in total. The zero-order valence-corrected chi connectivity index (χ0v) is 18.7. The van der Waals surface area contributed by atoms with E-state index in [1.807, 2.05) is 26.0 Å². The summed E-state index contributed by atoms with van der Waals surface area (Å²) in [5.74, 6) is 0.390. The van der Waals surface area contributed by atoms with Crippen LogP contribution in [0.15, 0.2) is 49.1 Å². The predicted octanol–water partition coefficient (Wildman–Crippen LogP) is 3.27.